The number of halogens is 4. The number of anilines is 1. The molecule has 11 heteroatoms. The topological polar surface area (TPSA) is 84.5 Å². The molecule has 2 aromatic rings. The lowest BCUT2D eigenvalue weighted by molar-refractivity contribution is -0.138. The predicted octanol–water partition coefficient (Wildman–Crippen LogP) is 3.64. The summed E-state index contributed by atoms with van der Waals surface area (Å²) in [4.78, 5) is 12.1. The number of hydrogen-bond acceptors (Lipinski definition) is 4. The summed E-state index contributed by atoms with van der Waals surface area (Å²) in [5.74, 6) is -0.760. The van der Waals surface area contributed by atoms with Gasteiger partial charge in [0, 0.05) is 15.7 Å². The maximum absolute atomic E-state index is 13.0. The Bertz CT molecular complexity index is 978. The van der Waals surface area contributed by atoms with Gasteiger partial charge in [-0.25, -0.2) is 13.1 Å². The van der Waals surface area contributed by atoms with Crippen molar-refractivity contribution in [3.63, 3.8) is 0 Å². The van der Waals surface area contributed by atoms with Crippen molar-refractivity contribution in [2.75, 3.05) is 19.5 Å². The molecule has 0 spiro atoms. The third-order valence-corrected chi connectivity index (χ3v) is 5.64. The quantitative estimate of drug-likeness (QED) is 0.704. The first-order chi connectivity index (χ1) is 12.5. The molecular weight excluding hydrogens is 453 g/mol. The van der Waals surface area contributed by atoms with Gasteiger partial charge >= 0.3 is 6.18 Å². The number of carbonyl (C=O) groups is 1. The number of hydrogen-bond donors (Lipinski definition) is 2. The zero-order valence-electron chi connectivity index (χ0n) is 14.0. The third-order valence-electron chi connectivity index (χ3n) is 3.51. The Labute approximate surface area is 161 Å². The molecule has 146 valence electrons. The fourth-order valence-electron chi connectivity index (χ4n) is 2.16. The molecule has 2 N–H and O–H groups in total. The van der Waals surface area contributed by atoms with E-state index < -0.39 is 27.7 Å². The van der Waals surface area contributed by atoms with Gasteiger partial charge in [0.15, 0.2) is 0 Å². The maximum atomic E-state index is 13.0. The molecule has 0 aromatic heterocycles. The molecule has 0 saturated carbocycles. The Hall–Kier alpha value is -2.11. The first-order valence-corrected chi connectivity index (χ1v) is 9.57. The minimum Gasteiger partial charge on any atom is -0.495 e. The number of benzene rings is 2. The van der Waals surface area contributed by atoms with Gasteiger partial charge in [-0.2, -0.15) is 13.2 Å². The van der Waals surface area contributed by atoms with Crippen LogP contribution in [-0.4, -0.2) is 28.5 Å². The molecule has 0 bridgehead atoms. The average Bonchev–Trinajstić information content (AvgIpc) is 2.61. The summed E-state index contributed by atoms with van der Waals surface area (Å²) in [5, 5.41) is 2.32. The zero-order chi connectivity index (χ0) is 20.4. The molecule has 0 aliphatic heterocycles. The van der Waals surface area contributed by atoms with Crippen LogP contribution in [0.3, 0.4) is 0 Å². The van der Waals surface area contributed by atoms with E-state index in [4.69, 9.17) is 4.74 Å². The van der Waals surface area contributed by atoms with Gasteiger partial charge in [0.05, 0.1) is 12.7 Å². The Kier molecular flexibility index (Phi) is 6.17. The molecule has 2 rings (SSSR count). The van der Waals surface area contributed by atoms with Crippen LogP contribution in [0.25, 0.3) is 0 Å². The highest BCUT2D eigenvalue weighted by molar-refractivity contribution is 9.10. The molecule has 0 radical (unpaired) electrons. The normalized spacial score (nSPS) is 11.9. The standard InChI is InChI=1S/C16H14BrF3N2O4S/c1-21-27(24,25)14-7-9(3-6-13(14)26-2)15(23)22-10-4-5-12(17)11(8-10)16(18,19)20/h3-8,21H,1-2H3,(H,22,23). The SMILES string of the molecule is CNS(=O)(=O)c1cc(C(=O)Nc2ccc(Br)c(C(F)(F)F)c2)ccc1OC. The fraction of sp³-hybridized carbons (Fsp3) is 0.188. The summed E-state index contributed by atoms with van der Waals surface area (Å²) in [6, 6.07) is 6.86. The molecule has 27 heavy (non-hydrogen) atoms. The highest BCUT2D eigenvalue weighted by atomic mass is 79.9. The molecule has 6 nitrogen and oxygen atoms in total. The Morgan fingerprint density at radius 1 is 1.15 bits per heavy atom. The third kappa shape index (κ3) is 4.79. The van der Waals surface area contributed by atoms with Crippen LogP contribution >= 0.6 is 15.9 Å². The Balaban J connectivity index is 2.39. The molecular formula is C16H14BrF3N2O4S. The number of alkyl halides is 3. The molecule has 0 atom stereocenters. The van der Waals surface area contributed by atoms with Crippen molar-refractivity contribution in [1.29, 1.82) is 0 Å². The van der Waals surface area contributed by atoms with Crippen molar-refractivity contribution >= 4 is 37.5 Å². The number of ether oxygens (including phenoxy) is 1. The van der Waals surface area contributed by atoms with E-state index in [0.29, 0.717) is 0 Å². The summed E-state index contributed by atoms with van der Waals surface area (Å²) >= 11 is 2.81. The zero-order valence-corrected chi connectivity index (χ0v) is 16.4. The number of rotatable bonds is 5. The van der Waals surface area contributed by atoms with Gasteiger partial charge < -0.3 is 10.1 Å². The van der Waals surface area contributed by atoms with Crippen LogP contribution in [0.15, 0.2) is 45.8 Å². The van der Waals surface area contributed by atoms with Crippen molar-refractivity contribution < 1.29 is 31.1 Å². The number of carbonyl (C=O) groups excluding carboxylic acids is 1. The summed E-state index contributed by atoms with van der Waals surface area (Å²) in [7, 11) is -1.45. The largest absolute Gasteiger partial charge is 0.495 e. The molecule has 0 aliphatic carbocycles. The van der Waals surface area contributed by atoms with Gasteiger partial charge in [0.1, 0.15) is 10.6 Å². The van der Waals surface area contributed by atoms with E-state index in [1.165, 1.54) is 32.4 Å². The van der Waals surface area contributed by atoms with E-state index in [1.807, 2.05) is 0 Å². The van der Waals surface area contributed by atoms with E-state index in [1.54, 1.807) is 0 Å². The fourth-order valence-corrected chi connectivity index (χ4v) is 3.55. The second-order valence-corrected chi connectivity index (χ2v) is 7.93. The van der Waals surface area contributed by atoms with E-state index in [9.17, 15) is 26.4 Å². The second-order valence-electron chi connectivity index (χ2n) is 5.22. The monoisotopic (exact) mass is 466 g/mol. The van der Waals surface area contributed by atoms with Crippen LogP contribution in [0.4, 0.5) is 18.9 Å². The van der Waals surface area contributed by atoms with E-state index in [0.717, 1.165) is 18.2 Å². The minimum absolute atomic E-state index is 0.0175. The van der Waals surface area contributed by atoms with Gasteiger partial charge in [-0.3, -0.25) is 4.79 Å². The molecule has 0 fully saturated rings. The molecule has 0 saturated heterocycles. The molecule has 0 aliphatic rings. The van der Waals surface area contributed by atoms with Gasteiger partial charge in [-0.15, -0.1) is 0 Å². The van der Waals surface area contributed by atoms with Crippen molar-refractivity contribution in [2.45, 2.75) is 11.1 Å². The van der Waals surface area contributed by atoms with E-state index in [-0.39, 0.29) is 26.4 Å². The predicted molar refractivity (Wildman–Crippen MR) is 96.3 cm³/mol. The number of nitrogens with one attached hydrogen (secondary N) is 2. The van der Waals surface area contributed by atoms with Crippen molar-refractivity contribution in [1.82, 2.24) is 4.72 Å². The van der Waals surface area contributed by atoms with Crippen LogP contribution in [0.1, 0.15) is 15.9 Å². The molecule has 0 heterocycles. The van der Waals surface area contributed by atoms with Crippen molar-refractivity contribution in [2.24, 2.45) is 0 Å². The first-order valence-electron chi connectivity index (χ1n) is 7.29. The second kappa shape index (κ2) is 7.87. The van der Waals surface area contributed by atoms with Crippen molar-refractivity contribution in [3.05, 3.63) is 52.0 Å². The van der Waals surface area contributed by atoms with Crippen LogP contribution in [-0.2, 0) is 16.2 Å². The first kappa shape index (κ1) is 21.2. The summed E-state index contributed by atoms with van der Waals surface area (Å²) in [6.45, 7) is 0. The number of amides is 1. The van der Waals surface area contributed by atoms with Crippen LogP contribution in [0.2, 0.25) is 0 Å². The summed E-state index contributed by atoms with van der Waals surface area (Å²) in [6.07, 6.45) is -4.60. The summed E-state index contributed by atoms with van der Waals surface area (Å²) in [5.41, 5.74) is -1.11. The maximum Gasteiger partial charge on any atom is 0.417 e. The lowest BCUT2D eigenvalue weighted by Gasteiger charge is -2.13. The highest BCUT2D eigenvalue weighted by Gasteiger charge is 2.33. The van der Waals surface area contributed by atoms with E-state index >= 15 is 0 Å². The van der Waals surface area contributed by atoms with Gasteiger partial charge in [0.2, 0.25) is 10.0 Å². The molecule has 2 aromatic carbocycles. The van der Waals surface area contributed by atoms with Crippen LogP contribution in [0, 0.1) is 0 Å². The van der Waals surface area contributed by atoms with E-state index in [2.05, 4.69) is 26.0 Å². The highest BCUT2D eigenvalue weighted by Crippen LogP contribution is 2.36. The average molecular weight is 467 g/mol. The van der Waals surface area contributed by atoms with Gasteiger partial charge in [-0.05, 0) is 43.4 Å². The van der Waals surface area contributed by atoms with Crippen LogP contribution in [0.5, 0.6) is 5.75 Å². The lowest BCUT2D eigenvalue weighted by atomic mass is 10.1. The Morgan fingerprint density at radius 2 is 1.81 bits per heavy atom. The molecule has 1 amide bonds. The van der Waals surface area contributed by atoms with Crippen molar-refractivity contribution in [3.8, 4) is 5.75 Å². The lowest BCUT2D eigenvalue weighted by Crippen LogP contribution is -2.20. The minimum atomic E-state index is -4.60. The smallest absolute Gasteiger partial charge is 0.417 e. The number of methoxy groups -OCH3 is 1. The molecule has 0 unspecified atom stereocenters. The van der Waals surface area contributed by atoms with Gasteiger partial charge in [0.25, 0.3) is 5.91 Å². The van der Waals surface area contributed by atoms with Gasteiger partial charge in [-0.1, -0.05) is 15.9 Å². The summed E-state index contributed by atoms with van der Waals surface area (Å²) < 4.78 is 69.9. The Morgan fingerprint density at radius 3 is 2.37 bits per heavy atom. The number of sulfonamides is 1. The van der Waals surface area contributed by atoms with Crippen LogP contribution < -0.4 is 14.8 Å².